The highest BCUT2D eigenvalue weighted by Crippen LogP contribution is 2.24. The summed E-state index contributed by atoms with van der Waals surface area (Å²) in [6, 6.07) is 2.15. The molecular weight excluding hydrogens is 226 g/mol. The second-order valence-corrected chi connectivity index (χ2v) is 5.30. The minimum absolute atomic E-state index is 0.554. The quantitative estimate of drug-likeness (QED) is 0.853. The second kappa shape index (κ2) is 5.85. The third kappa shape index (κ3) is 3.12. The maximum Gasteiger partial charge on any atom is 0.0715 e. The third-order valence-electron chi connectivity index (χ3n) is 3.85. The molecule has 1 unspecified atom stereocenters. The van der Waals surface area contributed by atoms with Crippen molar-refractivity contribution in [1.29, 1.82) is 0 Å². The zero-order valence-corrected chi connectivity index (χ0v) is 11.6. The summed E-state index contributed by atoms with van der Waals surface area (Å²) in [5.74, 6) is 0. The van der Waals surface area contributed by atoms with Crippen molar-refractivity contribution in [2.45, 2.75) is 58.1 Å². The van der Waals surface area contributed by atoms with Crippen molar-refractivity contribution in [3.8, 4) is 0 Å². The van der Waals surface area contributed by atoms with E-state index in [1.165, 1.54) is 5.69 Å². The Labute approximate surface area is 109 Å². The Kier molecular flexibility index (Phi) is 4.40. The molecule has 1 aromatic heterocycles. The maximum atomic E-state index is 10.7. The van der Waals surface area contributed by atoms with Crippen molar-refractivity contribution in [1.82, 2.24) is 15.1 Å². The molecule has 4 nitrogen and oxygen atoms in total. The summed E-state index contributed by atoms with van der Waals surface area (Å²) in [7, 11) is 0. The molecule has 2 heterocycles. The lowest BCUT2D eigenvalue weighted by atomic mass is 9.89. The fourth-order valence-electron chi connectivity index (χ4n) is 2.73. The van der Waals surface area contributed by atoms with Gasteiger partial charge in [-0.3, -0.25) is 4.68 Å². The van der Waals surface area contributed by atoms with Gasteiger partial charge in [0.1, 0.15) is 0 Å². The molecule has 1 aliphatic heterocycles. The van der Waals surface area contributed by atoms with Crippen molar-refractivity contribution in [3.63, 3.8) is 0 Å². The van der Waals surface area contributed by atoms with Gasteiger partial charge in [-0.1, -0.05) is 6.92 Å². The fourth-order valence-corrected chi connectivity index (χ4v) is 2.73. The highest BCUT2D eigenvalue weighted by atomic mass is 16.3. The molecule has 1 saturated heterocycles. The Morgan fingerprint density at radius 2 is 2.22 bits per heavy atom. The number of hydrogen-bond acceptors (Lipinski definition) is 3. The van der Waals surface area contributed by atoms with Crippen LogP contribution in [0.15, 0.2) is 6.07 Å². The molecule has 1 fully saturated rings. The highest BCUT2D eigenvalue weighted by Gasteiger charge is 2.29. The van der Waals surface area contributed by atoms with E-state index in [-0.39, 0.29) is 0 Å². The molecular formula is C14H25N3O. The van der Waals surface area contributed by atoms with Gasteiger partial charge in [0, 0.05) is 18.7 Å². The van der Waals surface area contributed by atoms with Crippen LogP contribution in [0.25, 0.3) is 0 Å². The van der Waals surface area contributed by atoms with Crippen molar-refractivity contribution in [2.75, 3.05) is 13.1 Å². The lowest BCUT2D eigenvalue weighted by Gasteiger charge is -2.26. The Morgan fingerprint density at radius 3 is 2.94 bits per heavy atom. The van der Waals surface area contributed by atoms with E-state index >= 15 is 0 Å². The van der Waals surface area contributed by atoms with Crippen LogP contribution in [0.2, 0.25) is 0 Å². The van der Waals surface area contributed by atoms with Crippen molar-refractivity contribution >= 4 is 0 Å². The number of aromatic nitrogens is 2. The van der Waals surface area contributed by atoms with E-state index < -0.39 is 5.60 Å². The van der Waals surface area contributed by atoms with Gasteiger partial charge >= 0.3 is 0 Å². The SMILES string of the molecule is CCc1cc(CC2(O)CCCNCC2)n(CC)n1. The standard InChI is InChI=1S/C14H25N3O/c1-3-12-10-13(17(4-2)16-12)11-14(18)6-5-8-15-9-7-14/h10,15,18H,3-9,11H2,1-2H3. The molecule has 4 heteroatoms. The van der Waals surface area contributed by atoms with Gasteiger partial charge in [-0.05, 0) is 51.8 Å². The fraction of sp³-hybridized carbons (Fsp3) is 0.786. The molecule has 1 aliphatic rings. The zero-order valence-electron chi connectivity index (χ0n) is 11.6. The topological polar surface area (TPSA) is 50.1 Å². The average Bonchev–Trinajstić information content (AvgIpc) is 2.62. The molecule has 0 saturated carbocycles. The van der Waals surface area contributed by atoms with Gasteiger partial charge in [0.05, 0.1) is 11.3 Å². The van der Waals surface area contributed by atoms with Gasteiger partial charge in [-0.15, -0.1) is 0 Å². The van der Waals surface area contributed by atoms with E-state index in [1.807, 2.05) is 4.68 Å². The molecule has 0 bridgehead atoms. The van der Waals surface area contributed by atoms with E-state index in [4.69, 9.17) is 0 Å². The van der Waals surface area contributed by atoms with Crippen molar-refractivity contribution < 1.29 is 5.11 Å². The number of nitrogens with one attached hydrogen (secondary N) is 1. The smallest absolute Gasteiger partial charge is 0.0715 e. The molecule has 0 amide bonds. The van der Waals surface area contributed by atoms with E-state index in [9.17, 15) is 5.11 Å². The number of hydrogen-bond donors (Lipinski definition) is 2. The predicted octanol–water partition coefficient (Wildman–Crippen LogP) is 1.51. The van der Waals surface area contributed by atoms with Gasteiger partial charge in [0.2, 0.25) is 0 Å². The van der Waals surface area contributed by atoms with Gasteiger partial charge in [-0.25, -0.2) is 0 Å². The number of aryl methyl sites for hydroxylation is 2. The largest absolute Gasteiger partial charge is 0.389 e. The minimum atomic E-state index is -0.554. The van der Waals surface area contributed by atoms with Gasteiger partial charge in [-0.2, -0.15) is 5.10 Å². The highest BCUT2D eigenvalue weighted by molar-refractivity contribution is 5.13. The monoisotopic (exact) mass is 251 g/mol. The predicted molar refractivity (Wildman–Crippen MR) is 72.7 cm³/mol. The normalized spacial score (nSPS) is 25.1. The Hall–Kier alpha value is -0.870. The first-order valence-electron chi connectivity index (χ1n) is 7.15. The second-order valence-electron chi connectivity index (χ2n) is 5.30. The molecule has 1 atom stereocenters. The lowest BCUT2D eigenvalue weighted by Crippen LogP contribution is -2.33. The van der Waals surface area contributed by atoms with Crippen LogP contribution in [0, 0.1) is 0 Å². The van der Waals surface area contributed by atoms with Crippen LogP contribution in [0.3, 0.4) is 0 Å². The molecule has 2 N–H and O–H groups in total. The Bertz CT molecular complexity index is 378. The summed E-state index contributed by atoms with van der Waals surface area (Å²) < 4.78 is 2.04. The summed E-state index contributed by atoms with van der Waals surface area (Å²) in [6.45, 7) is 7.04. The van der Waals surface area contributed by atoms with Crippen molar-refractivity contribution in [3.05, 3.63) is 17.5 Å². The van der Waals surface area contributed by atoms with Crippen LogP contribution >= 0.6 is 0 Å². The van der Waals surface area contributed by atoms with E-state index in [0.717, 1.165) is 57.4 Å². The molecule has 2 rings (SSSR count). The van der Waals surface area contributed by atoms with E-state index in [0.29, 0.717) is 0 Å². The molecule has 102 valence electrons. The summed E-state index contributed by atoms with van der Waals surface area (Å²) in [5.41, 5.74) is 1.75. The minimum Gasteiger partial charge on any atom is -0.389 e. The third-order valence-corrected chi connectivity index (χ3v) is 3.85. The van der Waals surface area contributed by atoms with Gasteiger partial charge in [0.15, 0.2) is 0 Å². The zero-order chi connectivity index (χ0) is 13.0. The van der Waals surface area contributed by atoms with Crippen molar-refractivity contribution in [2.24, 2.45) is 0 Å². The first-order valence-corrected chi connectivity index (χ1v) is 7.15. The first kappa shape index (κ1) is 13.6. The Morgan fingerprint density at radius 1 is 1.39 bits per heavy atom. The summed E-state index contributed by atoms with van der Waals surface area (Å²) in [5, 5.41) is 18.6. The van der Waals surface area contributed by atoms with Crippen LogP contribution in [0.1, 0.15) is 44.5 Å². The Balaban J connectivity index is 2.13. The van der Waals surface area contributed by atoms with Crippen LogP contribution < -0.4 is 5.32 Å². The number of aliphatic hydroxyl groups is 1. The molecule has 0 spiro atoms. The molecule has 0 radical (unpaired) electrons. The summed E-state index contributed by atoms with van der Waals surface area (Å²) in [4.78, 5) is 0. The maximum absolute atomic E-state index is 10.7. The molecule has 18 heavy (non-hydrogen) atoms. The number of rotatable bonds is 4. The average molecular weight is 251 g/mol. The number of nitrogens with zero attached hydrogens (tertiary/aromatic N) is 2. The van der Waals surface area contributed by atoms with E-state index in [2.05, 4.69) is 30.3 Å². The summed E-state index contributed by atoms with van der Waals surface area (Å²) >= 11 is 0. The van der Waals surface area contributed by atoms with Crippen LogP contribution in [-0.4, -0.2) is 33.6 Å². The van der Waals surface area contributed by atoms with Gasteiger partial charge in [0.25, 0.3) is 0 Å². The van der Waals surface area contributed by atoms with Gasteiger partial charge < -0.3 is 10.4 Å². The summed E-state index contributed by atoms with van der Waals surface area (Å²) in [6.07, 6.45) is 4.46. The first-order chi connectivity index (χ1) is 8.67. The lowest BCUT2D eigenvalue weighted by molar-refractivity contribution is 0.0265. The van der Waals surface area contributed by atoms with Crippen LogP contribution in [0.4, 0.5) is 0 Å². The molecule has 0 aliphatic carbocycles. The molecule has 1 aromatic rings. The van der Waals surface area contributed by atoms with E-state index in [1.54, 1.807) is 0 Å². The van der Waals surface area contributed by atoms with Crippen LogP contribution in [0.5, 0.6) is 0 Å². The van der Waals surface area contributed by atoms with Crippen LogP contribution in [-0.2, 0) is 19.4 Å². The molecule has 0 aromatic carbocycles.